The largest absolute Gasteiger partial charge is 0.486 e. The number of benzene rings is 1. The lowest BCUT2D eigenvalue weighted by molar-refractivity contribution is -0.130. The predicted octanol–water partition coefficient (Wildman–Crippen LogP) is 2.66. The normalized spacial score (nSPS) is 14.0. The van der Waals surface area contributed by atoms with Crippen molar-refractivity contribution in [1.82, 2.24) is 19.6 Å². The number of ether oxygens (including phenoxy) is 1. The maximum absolute atomic E-state index is 12.6. The Morgan fingerprint density at radius 3 is 2.66 bits per heavy atom. The van der Waals surface area contributed by atoms with E-state index in [0.717, 1.165) is 43.7 Å². The number of likely N-dealkylation sites (tertiary alicyclic amines) is 1. The molecule has 7 heteroatoms. The Bertz CT molecular complexity index is 975. The number of rotatable bonds is 6. The van der Waals surface area contributed by atoms with Gasteiger partial charge in [0.1, 0.15) is 18.0 Å². The fraction of sp³-hybridized carbons (Fsp3) is 0.318. The minimum Gasteiger partial charge on any atom is -0.486 e. The summed E-state index contributed by atoms with van der Waals surface area (Å²) in [5.41, 5.74) is 2.02. The first-order valence-electron chi connectivity index (χ1n) is 9.91. The summed E-state index contributed by atoms with van der Waals surface area (Å²) in [6.45, 7) is 1.79. The van der Waals surface area contributed by atoms with Gasteiger partial charge in [0, 0.05) is 25.5 Å². The van der Waals surface area contributed by atoms with E-state index in [9.17, 15) is 9.59 Å². The number of pyridine rings is 1. The zero-order valence-corrected chi connectivity index (χ0v) is 16.2. The zero-order chi connectivity index (χ0) is 20.1. The van der Waals surface area contributed by atoms with Crippen molar-refractivity contribution < 1.29 is 14.3 Å². The zero-order valence-electron chi connectivity index (χ0n) is 16.2. The highest BCUT2D eigenvalue weighted by atomic mass is 16.5. The number of hydrogen-bond acceptors (Lipinski definition) is 4. The molecule has 0 atom stereocenters. The molecule has 1 fully saturated rings. The Labute approximate surface area is 169 Å². The summed E-state index contributed by atoms with van der Waals surface area (Å²) in [6, 6.07) is 12.8. The number of carbonyl (C=O) groups excluding carboxylic acids is 2. The number of amides is 2. The molecule has 0 spiro atoms. The van der Waals surface area contributed by atoms with Gasteiger partial charge in [-0.3, -0.25) is 9.59 Å². The molecule has 1 saturated heterocycles. The van der Waals surface area contributed by atoms with Crippen LogP contribution in [0.2, 0.25) is 0 Å². The maximum atomic E-state index is 12.6. The van der Waals surface area contributed by atoms with E-state index in [4.69, 9.17) is 4.74 Å². The molecule has 7 nitrogen and oxygen atoms in total. The van der Waals surface area contributed by atoms with Crippen LogP contribution in [-0.4, -0.2) is 45.7 Å². The lowest BCUT2D eigenvalue weighted by Crippen LogP contribution is -2.42. The highest BCUT2D eigenvalue weighted by molar-refractivity contribution is 5.98. The molecule has 1 aliphatic heterocycles. The average molecular weight is 392 g/mol. The number of carbonyl (C=O) groups is 2. The van der Waals surface area contributed by atoms with Crippen molar-refractivity contribution >= 4 is 17.5 Å². The second-order valence-electron chi connectivity index (χ2n) is 7.11. The number of hydrogen-bond donors (Lipinski definition) is 1. The van der Waals surface area contributed by atoms with Crippen LogP contribution in [0.4, 0.5) is 0 Å². The van der Waals surface area contributed by atoms with E-state index in [-0.39, 0.29) is 25.0 Å². The third-order valence-electron chi connectivity index (χ3n) is 5.03. The van der Waals surface area contributed by atoms with Crippen LogP contribution in [0.25, 0.3) is 5.65 Å². The molecule has 2 amide bonds. The fourth-order valence-corrected chi connectivity index (χ4v) is 3.49. The minimum absolute atomic E-state index is 0.000394. The molecular weight excluding hydrogens is 368 g/mol. The third-order valence-corrected chi connectivity index (χ3v) is 5.03. The first kappa shape index (κ1) is 19.0. The van der Waals surface area contributed by atoms with Crippen molar-refractivity contribution in [3.05, 3.63) is 66.1 Å². The molecule has 29 heavy (non-hydrogen) atoms. The molecule has 4 rings (SSSR count). The first-order valence-corrected chi connectivity index (χ1v) is 9.91. The van der Waals surface area contributed by atoms with Crippen molar-refractivity contribution in [1.29, 1.82) is 0 Å². The van der Waals surface area contributed by atoms with E-state index in [1.807, 2.05) is 46.0 Å². The van der Waals surface area contributed by atoms with Gasteiger partial charge in [-0.15, -0.1) is 0 Å². The van der Waals surface area contributed by atoms with Crippen molar-refractivity contribution in [2.45, 2.75) is 25.9 Å². The summed E-state index contributed by atoms with van der Waals surface area (Å²) in [5.74, 6) is 0.106. The van der Waals surface area contributed by atoms with Gasteiger partial charge in [-0.1, -0.05) is 18.2 Å². The van der Waals surface area contributed by atoms with Gasteiger partial charge in [-0.2, -0.15) is 0 Å². The molecule has 1 N–H and O–H groups in total. The Kier molecular flexibility index (Phi) is 5.74. The van der Waals surface area contributed by atoms with Crippen molar-refractivity contribution in [3.8, 4) is 5.75 Å². The highest BCUT2D eigenvalue weighted by Crippen LogP contribution is 2.19. The SMILES string of the molecule is O=C(NCC(=O)N1CCCCC1)c1ccccc1OCc1cn2ccccc2n1. The van der Waals surface area contributed by atoms with Crippen LogP contribution in [0.1, 0.15) is 35.3 Å². The summed E-state index contributed by atoms with van der Waals surface area (Å²) < 4.78 is 7.79. The molecule has 0 bridgehead atoms. The topological polar surface area (TPSA) is 75.9 Å². The molecule has 0 aliphatic carbocycles. The molecule has 0 saturated carbocycles. The number of fused-ring (bicyclic) bond motifs is 1. The Hall–Kier alpha value is -3.35. The molecule has 0 radical (unpaired) electrons. The van der Waals surface area contributed by atoms with Crippen LogP contribution in [0.5, 0.6) is 5.75 Å². The molecule has 150 valence electrons. The second-order valence-corrected chi connectivity index (χ2v) is 7.11. The number of piperidine rings is 1. The average Bonchev–Trinajstić information content (AvgIpc) is 3.19. The molecule has 1 aromatic carbocycles. The van der Waals surface area contributed by atoms with Gasteiger partial charge in [0.15, 0.2) is 0 Å². The number of nitrogens with one attached hydrogen (secondary N) is 1. The lowest BCUT2D eigenvalue weighted by Gasteiger charge is -2.26. The van der Waals surface area contributed by atoms with Gasteiger partial charge in [0.25, 0.3) is 5.91 Å². The van der Waals surface area contributed by atoms with Gasteiger partial charge < -0.3 is 19.4 Å². The van der Waals surface area contributed by atoms with E-state index in [1.54, 1.807) is 18.2 Å². The number of aromatic nitrogens is 2. The standard InChI is InChI=1S/C22H24N4O3/c27-21(25-11-5-1-6-12-25)14-23-22(28)18-8-2-3-9-19(18)29-16-17-15-26-13-7-4-10-20(26)24-17/h2-4,7-10,13,15H,1,5-6,11-12,14,16H2,(H,23,28). The smallest absolute Gasteiger partial charge is 0.255 e. The molecule has 2 aromatic heterocycles. The fourth-order valence-electron chi connectivity index (χ4n) is 3.49. The van der Waals surface area contributed by atoms with Gasteiger partial charge in [0.05, 0.1) is 17.8 Å². The quantitative estimate of drug-likeness (QED) is 0.700. The van der Waals surface area contributed by atoms with Crippen molar-refractivity contribution in [2.24, 2.45) is 0 Å². The Morgan fingerprint density at radius 2 is 1.83 bits per heavy atom. The molecule has 3 heterocycles. The Balaban J connectivity index is 1.38. The monoisotopic (exact) mass is 392 g/mol. The van der Waals surface area contributed by atoms with Crippen molar-refractivity contribution in [2.75, 3.05) is 19.6 Å². The van der Waals surface area contributed by atoms with Crippen LogP contribution in [0, 0.1) is 0 Å². The second kappa shape index (κ2) is 8.77. The van der Waals surface area contributed by atoms with E-state index in [2.05, 4.69) is 10.3 Å². The van der Waals surface area contributed by atoms with E-state index < -0.39 is 0 Å². The molecule has 1 aliphatic rings. The Morgan fingerprint density at radius 1 is 1.03 bits per heavy atom. The van der Waals surface area contributed by atoms with Gasteiger partial charge in [0.2, 0.25) is 5.91 Å². The lowest BCUT2D eigenvalue weighted by atomic mass is 10.1. The minimum atomic E-state index is -0.319. The van der Waals surface area contributed by atoms with E-state index in [0.29, 0.717) is 11.3 Å². The number of imidazole rings is 1. The van der Waals surface area contributed by atoms with Crippen LogP contribution in [0.15, 0.2) is 54.9 Å². The predicted molar refractivity (Wildman–Crippen MR) is 109 cm³/mol. The van der Waals surface area contributed by atoms with Gasteiger partial charge >= 0.3 is 0 Å². The summed E-state index contributed by atoms with van der Waals surface area (Å²) in [7, 11) is 0. The summed E-state index contributed by atoms with van der Waals surface area (Å²) in [4.78, 5) is 31.2. The van der Waals surface area contributed by atoms with Crippen LogP contribution in [0.3, 0.4) is 0 Å². The third kappa shape index (κ3) is 4.56. The summed E-state index contributed by atoms with van der Waals surface area (Å²) in [6.07, 6.45) is 7.04. The molecule has 0 unspecified atom stereocenters. The van der Waals surface area contributed by atoms with Gasteiger partial charge in [-0.25, -0.2) is 4.98 Å². The summed E-state index contributed by atoms with van der Waals surface area (Å²) in [5, 5.41) is 2.73. The number of nitrogens with zero attached hydrogens (tertiary/aromatic N) is 3. The highest BCUT2D eigenvalue weighted by Gasteiger charge is 2.18. The van der Waals surface area contributed by atoms with Crippen LogP contribution >= 0.6 is 0 Å². The number of para-hydroxylation sites is 1. The van der Waals surface area contributed by atoms with E-state index >= 15 is 0 Å². The van der Waals surface area contributed by atoms with Crippen molar-refractivity contribution in [3.63, 3.8) is 0 Å². The molecule has 3 aromatic rings. The molecular formula is C22H24N4O3. The van der Waals surface area contributed by atoms with Crippen LogP contribution in [-0.2, 0) is 11.4 Å². The first-order chi connectivity index (χ1) is 14.2. The van der Waals surface area contributed by atoms with Gasteiger partial charge in [-0.05, 0) is 43.5 Å². The van der Waals surface area contributed by atoms with E-state index in [1.165, 1.54) is 0 Å². The summed E-state index contributed by atoms with van der Waals surface area (Å²) >= 11 is 0. The maximum Gasteiger partial charge on any atom is 0.255 e. The van der Waals surface area contributed by atoms with Crippen LogP contribution < -0.4 is 10.1 Å².